The van der Waals surface area contributed by atoms with Crippen LogP contribution in [0.5, 0.6) is 5.75 Å². The second kappa shape index (κ2) is 5.42. The molecule has 2 atom stereocenters. The minimum atomic E-state index is -0.767. The van der Waals surface area contributed by atoms with Gasteiger partial charge in [-0.2, -0.15) is 0 Å². The molecule has 1 unspecified atom stereocenters. The summed E-state index contributed by atoms with van der Waals surface area (Å²) in [6.45, 7) is 0. The Hall–Kier alpha value is -0.980. The van der Waals surface area contributed by atoms with Gasteiger partial charge in [0.25, 0.3) is 0 Å². The molecule has 3 rings (SSSR count). The number of benzene rings is 1. The highest BCUT2D eigenvalue weighted by Crippen LogP contribution is 2.42. The van der Waals surface area contributed by atoms with Crippen molar-refractivity contribution in [3.05, 3.63) is 56.5 Å². The predicted octanol–water partition coefficient (Wildman–Crippen LogP) is 4.30. The SMILES string of the molecule is O[C@@H]1CC(c2ncc(Br)cc2Br)Oc2ccc(F)cc21. The Morgan fingerprint density at radius 3 is 2.85 bits per heavy atom. The van der Waals surface area contributed by atoms with Gasteiger partial charge in [-0.1, -0.05) is 0 Å². The largest absolute Gasteiger partial charge is 0.484 e. The highest BCUT2D eigenvalue weighted by atomic mass is 79.9. The van der Waals surface area contributed by atoms with E-state index < -0.39 is 6.10 Å². The Morgan fingerprint density at radius 2 is 2.10 bits per heavy atom. The molecule has 1 aromatic heterocycles. The molecule has 1 N–H and O–H groups in total. The van der Waals surface area contributed by atoms with Crippen LogP contribution in [0.15, 0.2) is 39.4 Å². The highest BCUT2D eigenvalue weighted by Gasteiger charge is 2.30. The molecule has 0 fully saturated rings. The van der Waals surface area contributed by atoms with Gasteiger partial charge in [-0.15, -0.1) is 0 Å². The lowest BCUT2D eigenvalue weighted by molar-refractivity contribution is 0.0629. The van der Waals surface area contributed by atoms with Gasteiger partial charge >= 0.3 is 0 Å². The minimum Gasteiger partial charge on any atom is -0.484 e. The molecule has 1 aliphatic rings. The number of nitrogens with zero attached hydrogens (tertiary/aromatic N) is 1. The van der Waals surface area contributed by atoms with Crippen molar-refractivity contribution in [2.24, 2.45) is 0 Å². The fourth-order valence-electron chi connectivity index (χ4n) is 2.25. The Labute approximate surface area is 132 Å². The Balaban J connectivity index is 1.97. The molecule has 104 valence electrons. The number of aliphatic hydroxyl groups is 1. The molecule has 0 bridgehead atoms. The molecule has 0 aliphatic carbocycles. The fraction of sp³-hybridized carbons (Fsp3) is 0.214. The van der Waals surface area contributed by atoms with Crippen molar-refractivity contribution in [3.8, 4) is 5.75 Å². The summed E-state index contributed by atoms with van der Waals surface area (Å²) in [5, 5.41) is 10.2. The topological polar surface area (TPSA) is 42.4 Å². The van der Waals surface area contributed by atoms with Gasteiger partial charge < -0.3 is 9.84 Å². The van der Waals surface area contributed by atoms with Crippen LogP contribution >= 0.6 is 31.9 Å². The first-order valence-electron chi connectivity index (χ1n) is 5.99. The fourth-order valence-corrected chi connectivity index (χ4v) is 3.49. The molecule has 20 heavy (non-hydrogen) atoms. The third-order valence-electron chi connectivity index (χ3n) is 3.18. The van der Waals surface area contributed by atoms with Crippen molar-refractivity contribution in [1.82, 2.24) is 4.98 Å². The highest BCUT2D eigenvalue weighted by molar-refractivity contribution is 9.11. The zero-order valence-electron chi connectivity index (χ0n) is 10.2. The molecular formula is C14H10Br2FNO2. The standard InChI is InChI=1S/C14H10Br2FNO2/c15-7-3-10(16)14(18-6-7)13-5-11(19)9-4-8(17)1-2-12(9)20-13/h1-4,6,11,13,19H,5H2/t11-,13?/m1/s1. The number of halogens is 3. The zero-order valence-corrected chi connectivity index (χ0v) is 13.4. The smallest absolute Gasteiger partial charge is 0.144 e. The number of hydrogen-bond donors (Lipinski definition) is 1. The second-order valence-corrected chi connectivity index (χ2v) is 6.33. The van der Waals surface area contributed by atoms with Crippen LogP contribution < -0.4 is 4.74 Å². The van der Waals surface area contributed by atoms with Crippen LogP contribution in [0.3, 0.4) is 0 Å². The molecular weight excluding hydrogens is 393 g/mol. The average Bonchev–Trinajstić information content (AvgIpc) is 2.39. The molecule has 6 heteroatoms. The Morgan fingerprint density at radius 1 is 1.30 bits per heavy atom. The first-order chi connectivity index (χ1) is 9.54. The zero-order chi connectivity index (χ0) is 14.3. The maximum Gasteiger partial charge on any atom is 0.144 e. The Kier molecular flexibility index (Phi) is 3.79. The molecule has 1 aromatic carbocycles. The average molecular weight is 403 g/mol. The number of ether oxygens (including phenoxy) is 1. The van der Waals surface area contributed by atoms with Crippen LogP contribution in [0.2, 0.25) is 0 Å². The van der Waals surface area contributed by atoms with Gasteiger partial charge in [0, 0.05) is 27.1 Å². The summed E-state index contributed by atoms with van der Waals surface area (Å²) in [6.07, 6.45) is 0.877. The van der Waals surface area contributed by atoms with E-state index in [1.165, 1.54) is 18.2 Å². The normalized spacial score (nSPS) is 21.2. The van der Waals surface area contributed by atoms with E-state index in [4.69, 9.17) is 4.74 Å². The first-order valence-corrected chi connectivity index (χ1v) is 7.58. The summed E-state index contributed by atoms with van der Waals surface area (Å²) in [4.78, 5) is 4.32. The van der Waals surface area contributed by atoms with Crippen LogP contribution in [-0.2, 0) is 0 Å². The number of pyridine rings is 1. The summed E-state index contributed by atoms with van der Waals surface area (Å²) >= 11 is 6.78. The monoisotopic (exact) mass is 401 g/mol. The third kappa shape index (κ3) is 2.60. The van der Waals surface area contributed by atoms with Gasteiger partial charge in [-0.05, 0) is 56.1 Å². The van der Waals surface area contributed by atoms with Crippen molar-refractivity contribution in [3.63, 3.8) is 0 Å². The molecule has 0 saturated heterocycles. The molecule has 0 amide bonds. The Bertz CT molecular complexity index is 666. The van der Waals surface area contributed by atoms with E-state index >= 15 is 0 Å². The first kappa shape index (κ1) is 14.0. The van der Waals surface area contributed by atoms with E-state index in [9.17, 15) is 9.50 Å². The van der Waals surface area contributed by atoms with Gasteiger partial charge in [-0.3, -0.25) is 4.98 Å². The van der Waals surface area contributed by atoms with Gasteiger partial charge in [0.1, 0.15) is 17.7 Å². The lowest BCUT2D eigenvalue weighted by Crippen LogP contribution is -2.20. The predicted molar refractivity (Wildman–Crippen MR) is 79.0 cm³/mol. The quantitative estimate of drug-likeness (QED) is 0.773. The maximum atomic E-state index is 13.2. The lowest BCUT2D eigenvalue weighted by Gasteiger charge is -2.29. The molecule has 0 spiro atoms. The van der Waals surface area contributed by atoms with Crippen molar-refractivity contribution in [2.75, 3.05) is 0 Å². The molecule has 0 saturated carbocycles. The summed E-state index contributed by atoms with van der Waals surface area (Å²) in [5.41, 5.74) is 1.19. The number of rotatable bonds is 1. The van der Waals surface area contributed by atoms with Crippen LogP contribution in [0.4, 0.5) is 4.39 Å². The van der Waals surface area contributed by atoms with E-state index in [0.717, 1.165) is 8.95 Å². The third-order valence-corrected chi connectivity index (χ3v) is 4.25. The summed E-state index contributed by atoms with van der Waals surface area (Å²) in [7, 11) is 0. The summed E-state index contributed by atoms with van der Waals surface area (Å²) in [6, 6.07) is 6.03. The van der Waals surface area contributed by atoms with Crippen LogP contribution in [0, 0.1) is 5.82 Å². The van der Waals surface area contributed by atoms with Crippen molar-refractivity contribution < 1.29 is 14.2 Å². The number of aromatic nitrogens is 1. The minimum absolute atomic E-state index is 0.337. The van der Waals surface area contributed by atoms with Gasteiger partial charge in [0.05, 0.1) is 11.8 Å². The van der Waals surface area contributed by atoms with E-state index in [1.54, 1.807) is 6.20 Å². The molecule has 2 aromatic rings. The van der Waals surface area contributed by atoms with E-state index in [2.05, 4.69) is 36.8 Å². The van der Waals surface area contributed by atoms with Crippen LogP contribution in [0.1, 0.15) is 29.9 Å². The van der Waals surface area contributed by atoms with Crippen LogP contribution in [0.25, 0.3) is 0 Å². The molecule has 1 aliphatic heterocycles. The summed E-state index contributed by atoms with van der Waals surface area (Å²) in [5.74, 6) is 0.111. The van der Waals surface area contributed by atoms with E-state index in [0.29, 0.717) is 23.4 Å². The molecule has 2 heterocycles. The van der Waals surface area contributed by atoms with Crippen LogP contribution in [-0.4, -0.2) is 10.1 Å². The van der Waals surface area contributed by atoms with Gasteiger partial charge in [0.2, 0.25) is 0 Å². The lowest BCUT2D eigenvalue weighted by atomic mass is 9.97. The molecule has 0 radical (unpaired) electrons. The van der Waals surface area contributed by atoms with Gasteiger partial charge in [-0.25, -0.2) is 4.39 Å². The van der Waals surface area contributed by atoms with E-state index in [1.807, 2.05) is 6.07 Å². The summed E-state index contributed by atoms with van der Waals surface area (Å²) < 4.78 is 20.7. The molecule has 3 nitrogen and oxygen atoms in total. The number of hydrogen-bond acceptors (Lipinski definition) is 3. The van der Waals surface area contributed by atoms with Gasteiger partial charge in [0.15, 0.2) is 0 Å². The van der Waals surface area contributed by atoms with E-state index in [-0.39, 0.29) is 11.9 Å². The number of aliphatic hydroxyl groups excluding tert-OH is 1. The maximum absolute atomic E-state index is 13.2. The van der Waals surface area contributed by atoms with Crippen molar-refractivity contribution >= 4 is 31.9 Å². The van der Waals surface area contributed by atoms with Crippen molar-refractivity contribution in [2.45, 2.75) is 18.6 Å². The number of fused-ring (bicyclic) bond motifs is 1. The second-order valence-electron chi connectivity index (χ2n) is 4.56. The van der Waals surface area contributed by atoms with Crippen molar-refractivity contribution in [1.29, 1.82) is 0 Å².